The Morgan fingerprint density at radius 1 is 0.617 bits per heavy atom. The maximum atomic E-state index is 6.58. The van der Waals surface area contributed by atoms with Crippen molar-refractivity contribution in [3.8, 4) is 11.5 Å². The standard InChI is InChI=1S/C41H28N4O2/c1-41(2)33-13-8-18-42-40(33)45(36-24-38-31(23-34(36)41)30-12-4-6-15-37(30)47-38)25-9-7-10-26(21-25)46-27-16-17-28-29-11-3-5-14-35(29)44-20-19-43-39(44)32(28)22-27/h3-24H,1-2H3. The van der Waals surface area contributed by atoms with Crippen LogP contribution in [0.15, 0.2) is 138 Å². The SMILES string of the molecule is CC1(C)c2cc3c(cc2N(c2cccc(Oc4ccc5c6ccccc6n6ccnc6c5c4)c2)c2ncccc21)oc1ccccc13. The van der Waals surface area contributed by atoms with Crippen molar-refractivity contribution in [3.05, 3.63) is 145 Å². The zero-order chi connectivity index (χ0) is 31.3. The molecule has 0 unspecified atom stereocenters. The van der Waals surface area contributed by atoms with Crippen LogP contribution in [0.4, 0.5) is 17.2 Å². The molecule has 1 aliphatic heterocycles. The van der Waals surface area contributed by atoms with Gasteiger partial charge in [0.1, 0.15) is 34.1 Å². The quantitative estimate of drug-likeness (QED) is 0.187. The van der Waals surface area contributed by atoms with E-state index in [1.165, 1.54) is 10.9 Å². The molecule has 1 aliphatic rings. The van der Waals surface area contributed by atoms with Crippen molar-refractivity contribution in [2.75, 3.05) is 4.90 Å². The number of para-hydroxylation sites is 2. The van der Waals surface area contributed by atoms with E-state index < -0.39 is 0 Å². The highest BCUT2D eigenvalue weighted by molar-refractivity contribution is 6.12. The van der Waals surface area contributed by atoms with Gasteiger partial charge in [-0.05, 0) is 65.5 Å². The van der Waals surface area contributed by atoms with E-state index >= 15 is 0 Å². The minimum Gasteiger partial charge on any atom is -0.457 e. The van der Waals surface area contributed by atoms with E-state index in [9.17, 15) is 0 Å². The van der Waals surface area contributed by atoms with Gasteiger partial charge in [-0.25, -0.2) is 9.97 Å². The summed E-state index contributed by atoms with van der Waals surface area (Å²) in [6.07, 6.45) is 5.72. The van der Waals surface area contributed by atoms with Gasteiger partial charge in [-0.3, -0.25) is 9.30 Å². The van der Waals surface area contributed by atoms with Crippen molar-refractivity contribution in [2.24, 2.45) is 0 Å². The molecule has 0 amide bonds. The number of hydrogen-bond acceptors (Lipinski definition) is 5. The number of anilines is 3. The molecule has 0 N–H and O–H groups in total. The number of pyridine rings is 2. The number of benzene rings is 5. The predicted molar refractivity (Wildman–Crippen MR) is 189 cm³/mol. The molecule has 6 heteroatoms. The van der Waals surface area contributed by atoms with Gasteiger partial charge in [-0.2, -0.15) is 0 Å². The molecule has 0 atom stereocenters. The Morgan fingerprint density at radius 3 is 2.40 bits per heavy atom. The lowest BCUT2D eigenvalue weighted by Crippen LogP contribution is -2.31. The summed E-state index contributed by atoms with van der Waals surface area (Å²) in [7, 11) is 0. The normalized spacial score (nSPS) is 13.9. The molecular weight excluding hydrogens is 580 g/mol. The van der Waals surface area contributed by atoms with Gasteiger partial charge in [-0.15, -0.1) is 0 Å². The molecule has 9 aromatic rings. The van der Waals surface area contributed by atoms with Gasteiger partial charge < -0.3 is 9.15 Å². The van der Waals surface area contributed by atoms with Crippen molar-refractivity contribution in [3.63, 3.8) is 0 Å². The van der Waals surface area contributed by atoms with Crippen molar-refractivity contribution in [1.82, 2.24) is 14.4 Å². The number of nitrogens with zero attached hydrogens (tertiary/aromatic N) is 4. The van der Waals surface area contributed by atoms with E-state index in [2.05, 4.69) is 102 Å². The Morgan fingerprint density at radius 2 is 1.47 bits per heavy atom. The summed E-state index contributed by atoms with van der Waals surface area (Å²) in [5.74, 6) is 2.38. The molecule has 6 nitrogen and oxygen atoms in total. The van der Waals surface area contributed by atoms with Gasteiger partial charge in [0.25, 0.3) is 0 Å². The Kier molecular flexibility index (Phi) is 5.24. The average Bonchev–Trinajstić information content (AvgIpc) is 3.74. The van der Waals surface area contributed by atoms with E-state index in [-0.39, 0.29) is 5.41 Å². The highest BCUT2D eigenvalue weighted by atomic mass is 16.5. The van der Waals surface area contributed by atoms with Crippen LogP contribution in [0.2, 0.25) is 0 Å². The minimum absolute atomic E-state index is 0.274. The summed E-state index contributed by atoms with van der Waals surface area (Å²) < 4.78 is 15.1. The second-order valence-corrected chi connectivity index (χ2v) is 12.7. The Hall–Kier alpha value is -6.14. The summed E-state index contributed by atoms with van der Waals surface area (Å²) in [4.78, 5) is 11.9. The Bertz CT molecular complexity index is 2720. The average molecular weight is 609 g/mol. The van der Waals surface area contributed by atoms with Crippen LogP contribution in [0.3, 0.4) is 0 Å². The second kappa shape index (κ2) is 9.44. The first-order valence-electron chi connectivity index (χ1n) is 15.8. The third-order valence-corrected chi connectivity index (χ3v) is 9.72. The summed E-state index contributed by atoms with van der Waals surface area (Å²) >= 11 is 0. The second-order valence-electron chi connectivity index (χ2n) is 12.7. The van der Waals surface area contributed by atoms with Crippen LogP contribution in [-0.4, -0.2) is 14.4 Å². The first-order valence-corrected chi connectivity index (χ1v) is 15.8. The fourth-order valence-electron chi connectivity index (χ4n) is 7.47. The monoisotopic (exact) mass is 608 g/mol. The number of aromatic nitrogens is 3. The number of ether oxygens (including phenoxy) is 1. The van der Waals surface area contributed by atoms with Crippen molar-refractivity contribution in [2.45, 2.75) is 19.3 Å². The molecule has 4 aromatic heterocycles. The van der Waals surface area contributed by atoms with Crippen LogP contribution < -0.4 is 9.64 Å². The van der Waals surface area contributed by atoms with E-state index in [0.717, 1.165) is 78.1 Å². The Balaban J connectivity index is 1.12. The molecule has 0 saturated carbocycles. The van der Waals surface area contributed by atoms with Crippen LogP contribution in [0.25, 0.3) is 49.3 Å². The van der Waals surface area contributed by atoms with E-state index in [1.807, 2.05) is 55.0 Å². The smallest absolute Gasteiger partial charge is 0.145 e. The van der Waals surface area contributed by atoms with Gasteiger partial charge in [-0.1, -0.05) is 62.4 Å². The molecule has 0 aliphatic carbocycles. The molecule has 0 spiro atoms. The molecule has 0 radical (unpaired) electrons. The van der Waals surface area contributed by atoms with Crippen molar-refractivity contribution < 1.29 is 9.15 Å². The molecule has 0 fully saturated rings. The number of rotatable bonds is 3. The Labute approximate surface area is 270 Å². The molecule has 0 bridgehead atoms. The number of fused-ring (bicyclic) bond motifs is 11. The first-order chi connectivity index (χ1) is 23.0. The highest BCUT2D eigenvalue weighted by Crippen LogP contribution is 2.53. The summed E-state index contributed by atoms with van der Waals surface area (Å²) in [6, 6.07) is 39.8. The third kappa shape index (κ3) is 3.72. The zero-order valence-electron chi connectivity index (χ0n) is 25.8. The van der Waals surface area contributed by atoms with Gasteiger partial charge in [0, 0.05) is 63.2 Å². The maximum absolute atomic E-state index is 6.58. The van der Waals surface area contributed by atoms with Gasteiger partial charge in [0.05, 0.1) is 16.9 Å². The third-order valence-electron chi connectivity index (χ3n) is 9.72. The summed E-state index contributed by atoms with van der Waals surface area (Å²) in [5.41, 5.74) is 7.89. The predicted octanol–water partition coefficient (Wildman–Crippen LogP) is 10.8. The minimum atomic E-state index is -0.274. The van der Waals surface area contributed by atoms with Crippen molar-refractivity contribution >= 4 is 66.5 Å². The summed E-state index contributed by atoms with van der Waals surface area (Å²) in [6.45, 7) is 4.55. The van der Waals surface area contributed by atoms with E-state index in [0.29, 0.717) is 0 Å². The zero-order valence-corrected chi connectivity index (χ0v) is 25.8. The van der Waals surface area contributed by atoms with Crippen molar-refractivity contribution in [1.29, 1.82) is 0 Å². The van der Waals surface area contributed by atoms with Gasteiger partial charge in [0.2, 0.25) is 0 Å². The van der Waals surface area contributed by atoms with Crippen LogP contribution in [0.1, 0.15) is 25.0 Å². The maximum Gasteiger partial charge on any atom is 0.145 e. The summed E-state index contributed by atoms with van der Waals surface area (Å²) in [5, 5.41) is 5.61. The lowest BCUT2D eigenvalue weighted by Gasteiger charge is -2.41. The topological polar surface area (TPSA) is 55.8 Å². The molecule has 5 aromatic carbocycles. The fourth-order valence-corrected chi connectivity index (χ4v) is 7.47. The number of hydrogen-bond donors (Lipinski definition) is 0. The fraction of sp³-hybridized carbons (Fsp3) is 0.0732. The highest BCUT2D eigenvalue weighted by Gasteiger charge is 2.38. The van der Waals surface area contributed by atoms with Crippen LogP contribution >= 0.6 is 0 Å². The molecular formula is C41H28N4O2. The molecule has 47 heavy (non-hydrogen) atoms. The first kappa shape index (κ1) is 26.1. The van der Waals surface area contributed by atoms with Gasteiger partial charge >= 0.3 is 0 Å². The molecule has 0 saturated heterocycles. The molecule has 224 valence electrons. The molecule has 5 heterocycles. The lowest BCUT2D eigenvalue weighted by atomic mass is 9.74. The van der Waals surface area contributed by atoms with Crippen LogP contribution in [0.5, 0.6) is 11.5 Å². The van der Waals surface area contributed by atoms with E-state index in [4.69, 9.17) is 19.1 Å². The van der Waals surface area contributed by atoms with E-state index in [1.54, 1.807) is 0 Å². The molecule has 10 rings (SSSR count). The van der Waals surface area contributed by atoms with Crippen LogP contribution in [0, 0.1) is 0 Å². The number of imidazole rings is 1. The van der Waals surface area contributed by atoms with Gasteiger partial charge in [0.15, 0.2) is 0 Å². The van der Waals surface area contributed by atoms with Crippen LogP contribution in [-0.2, 0) is 5.41 Å². The number of furan rings is 1. The largest absolute Gasteiger partial charge is 0.457 e. The lowest BCUT2D eigenvalue weighted by molar-refractivity contribution is 0.483.